The topological polar surface area (TPSA) is 24.5 Å². The molecule has 1 aromatic rings. The van der Waals surface area contributed by atoms with Crippen molar-refractivity contribution >= 4 is 17.3 Å². The summed E-state index contributed by atoms with van der Waals surface area (Å²) in [6, 6.07) is 6.11. The van der Waals surface area contributed by atoms with E-state index in [2.05, 4.69) is 23.2 Å². The number of morpholine rings is 1. The van der Waals surface area contributed by atoms with Crippen LogP contribution in [0, 0.1) is 0 Å². The van der Waals surface area contributed by atoms with Gasteiger partial charge in [0.2, 0.25) is 0 Å². The lowest BCUT2D eigenvalue weighted by Crippen LogP contribution is -2.37. The Morgan fingerprint density at radius 3 is 2.82 bits per heavy atom. The number of benzene rings is 1. The molecule has 1 saturated heterocycles. The number of halogens is 1. The monoisotopic (exact) mass is 254 g/mol. The number of rotatable bonds is 4. The quantitative estimate of drug-likeness (QED) is 0.892. The minimum absolute atomic E-state index is 0.784. The summed E-state index contributed by atoms with van der Waals surface area (Å²) in [6.45, 7) is 7.35. The van der Waals surface area contributed by atoms with Crippen LogP contribution in [0.1, 0.15) is 12.5 Å². The van der Waals surface area contributed by atoms with Crippen LogP contribution in [0.15, 0.2) is 18.2 Å². The zero-order valence-corrected chi connectivity index (χ0v) is 11.0. The standard InChI is InChI=1S/C13H19ClN2O/c1-2-15-10-11-4-3-5-12(14)13(11)16-6-8-17-9-7-16/h3-5,15H,2,6-10H2,1H3. The zero-order chi connectivity index (χ0) is 12.1. The summed E-state index contributed by atoms with van der Waals surface area (Å²) in [5.41, 5.74) is 2.43. The number of ether oxygens (including phenoxy) is 1. The second kappa shape index (κ2) is 6.24. The van der Waals surface area contributed by atoms with Crippen molar-refractivity contribution in [2.45, 2.75) is 13.5 Å². The van der Waals surface area contributed by atoms with Gasteiger partial charge in [-0.1, -0.05) is 30.7 Å². The third-order valence-electron chi connectivity index (χ3n) is 2.96. The van der Waals surface area contributed by atoms with Gasteiger partial charge in [-0.25, -0.2) is 0 Å². The predicted octanol–water partition coefficient (Wildman–Crippen LogP) is 2.29. The summed E-state index contributed by atoms with van der Waals surface area (Å²) in [5, 5.41) is 4.19. The highest BCUT2D eigenvalue weighted by molar-refractivity contribution is 6.33. The Bertz CT molecular complexity index is 364. The summed E-state index contributed by atoms with van der Waals surface area (Å²) >= 11 is 6.33. The molecule has 4 heteroatoms. The second-order valence-corrected chi connectivity index (χ2v) is 4.53. The number of anilines is 1. The highest BCUT2D eigenvalue weighted by Crippen LogP contribution is 2.30. The first-order valence-electron chi connectivity index (χ1n) is 6.13. The summed E-state index contributed by atoms with van der Waals surface area (Å²) < 4.78 is 5.38. The molecular weight excluding hydrogens is 236 g/mol. The van der Waals surface area contributed by atoms with Crippen LogP contribution in [-0.4, -0.2) is 32.8 Å². The van der Waals surface area contributed by atoms with Crippen molar-refractivity contribution in [3.8, 4) is 0 Å². The third kappa shape index (κ3) is 3.12. The molecule has 0 aromatic heterocycles. The minimum atomic E-state index is 0.784. The van der Waals surface area contributed by atoms with Crippen LogP contribution >= 0.6 is 11.6 Å². The second-order valence-electron chi connectivity index (χ2n) is 4.13. The Hall–Kier alpha value is -0.770. The van der Waals surface area contributed by atoms with Crippen molar-refractivity contribution in [3.63, 3.8) is 0 Å². The van der Waals surface area contributed by atoms with Gasteiger partial charge in [-0.15, -0.1) is 0 Å². The van der Waals surface area contributed by atoms with Crippen molar-refractivity contribution in [2.24, 2.45) is 0 Å². The van der Waals surface area contributed by atoms with Crippen LogP contribution < -0.4 is 10.2 Å². The predicted molar refractivity (Wildman–Crippen MR) is 71.9 cm³/mol. The molecule has 0 aliphatic carbocycles. The molecule has 0 spiro atoms. The fourth-order valence-electron chi connectivity index (χ4n) is 2.10. The van der Waals surface area contributed by atoms with Gasteiger partial charge in [-0.3, -0.25) is 0 Å². The number of para-hydroxylation sites is 1. The zero-order valence-electron chi connectivity index (χ0n) is 10.2. The van der Waals surface area contributed by atoms with Gasteiger partial charge in [-0.2, -0.15) is 0 Å². The Labute approximate surface area is 108 Å². The lowest BCUT2D eigenvalue weighted by Gasteiger charge is -2.31. The van der Waals surface area contributed by atoms with Crippen LogP contribution in [0.5, 0.6) is 0 Å². The number of hydrogen-bond donors (Lipinski definition) is 1. The van der Waals surface area contributed by atoms with E-state index in [1.807, 2.05) is 12.1 Å². The Balaban J connectivity index is 2.22. The van der Waals surface area contributed by atoms with E-state index in [1.54, 1.807) is 0 Å². The van der Waals surface area contributed by atoms with Gasteiger partial charge in [0, 0.05) is 19.6 Å². The molecule has 1 aliphatic heterocycles. The molecule has 0 amide bonds. The average molecular weight is 255 g/mol. The number of nitrogens with one attached hydrogen (secondary N) is 1. The lowest BCUT2D eigenvalue weighted by molar-refractivity contribution is 0.122. The smallest absolute Gasteiger partial charge is 0.0642 e. The average Bonchev–Trinajstić information content (AvgIpc) is 2.37. The molecule has 1 heterocycles. The molecule has 3 nitrogen and oxygen atoms in total. The molecule has 1 aromatic carbocycles. The highest BCUT2D eigenvalue weighted by atomic mass is 35.5. The van der Waals surface area contributed by atoms with E-state index >= 15 is 0 Å². The van der Waals surface area contributed by atoms with Gasteiger partial charge in [-0.05, 0) is 18.2 Å². The maximum absolute atomic E-state index is 6.33. The number of hydrogen-bond acceptors (Lipinski definition) is 3. The molecule has 0 unspecified atom stereocenters. The molecule has 1 N–H and O–H groups in total. The normalized spacial score (nSPS) is 16.2. The van der Waals surface area contributed by atoms with Crippen LogP contribution in [0.3, 0.4) is 0 Å². The van der Waals surface area contributed by atoms with E-state index in [1.165, 1.54) is 11.3 Å². The molecule has 0 radical (unpaired) electrons. The van der Waals surface area contributed by atoms with E-state index in [-0.39, 0.29) is 0 Å². The maximum atomic E-state index is 6.33. The molecule has 94 valence electrons. The van der Waals surface area contributed by atoms with Gasteiger partial charge in [0.15, 0.2) is 0 Å². The molecule has 1 aliphatic rings. The first-order chi connectivity index (χ1) is 8.33. The van der Waals surface area contributed by atoms with E-state index in [0.29, 0.717) is 0 Å². The summed E-state index contributed by atoms with van der Waals surface area (Å²) in [7, 11) is 0. The molecule has 1 fully saturated rings. The van der Waals surface area contributed by atoms with Gasteiger partial charge < -0.3 is 15.0 Å². The van der Waals surface area contributed by atoms with Crippen LogP contribution in [0.4, 0.5) is 5.69 Å². The Morgan fingerprint density at radius 1 is 1.35 bits per heavy atom. The fraction of sp³-hybridized carbons (Fsp3) is 0.538. The lowest BCUT2D eigenvalue weighted by atomic mass is 10.1. The molecular formula is C13H19ClN2O. The molecule has 2 rings (SSSR count). The largest absolute Gasteiger partial charge is 0.378 e. The molecule has 0 bridgehead atoms. The summed E-state index contributed by atoms with van der Waals surface area (Å²) in [4.78, 5) is 2.32. The van der Waals surface area contributed by atoms with E-state index in [4.69, 9.17) is 16.3 Å². The molecule has 0 atom stereocenters. The van der Waals surface area contributed by atoms with Crippen molar-refractivity contribution in [1.82, 2.24) is 5.32 Å². The van der Waals surface area contributed by atoms with E-state index in [0.717, 1.165) is 44.4 Å². The summed E-state index contributed by atoms with van der Waals surface area (Å²) in [6.07, 6.45) is 0. The molecule has 17 heavy (non-hydrogen) atoms. The van der Waals surface area contributed by atoms with Crippen molar-refractivity contribution < 1.29 is 4.74 Å². The van der Waals surface area contributed by atoms with Crippen molar-refractivity contribution in [3.05, 3.63) is 28.8 Å². The first kappa shape index (κ1) is 12.7. The summed E-state index contributed by atoms with van der Waals surface area (Å²) in [5.74, 6) is 0. The first-order valence-corrected chi connectivity index (χ1v) is 6.51. The maximum Gasteiger partial charge on any atom is 0.0642 e. The number of nitrogens with zero attached hydrogens (tertiary/aromatic N) is 1. The third-order valence-corrected chi connectivity index (χ3v) is 3.27. The molecule has 0 saturated carbocycles. The van der Waals surface area contributed by atoms with Gasteiger partial charge in [0.25, 0.3) is 0 Å². The minimum Gasteiger partial charge on any atom is -0.378 e. The van der Waals surface area contributed by atoms with Crippen LogP contribution in [0.2, 0.25) is 5.02 Å². The van der Waals surface area contributed by atoms with Crippen molar-refractivity contribution in [2.75, 3.05) is 37.7 Å². The van der Waals surface area contributed by atoms with Crippen molar-refractivity contribution in [1.29, 1.82) is 0 Å². The SMILES string of the molecule is CCNCc1cccc(Cl)c1N1CCOCC1. The van der Waals surface area contributed by atoms with Gasteiger partial charge in [0.1, 0.15) is 0 Å². The van der Waals surface area contributed by atoms with Gasteiger partial charge >= 0.3 is 0 Å². The van der Waals surface area contributed by atoms with E-state index < -0.39 is 0 Å². The van der Waals surface area contributed by atoms with E-state index in [9.17, 15) is 0 Å². The van der Waals surface area contributed by atoms with Gasteiger partial charge in [0.05, 0.1) is 23.9 Å². The van der Waals surface area contributed by atoms with Crippen LogP contribution in [-0.2, 0) is 11.3 Å². The van der Waals surface area contributed by atoms with Crippen LogP contribution in [0.25, 0.3) is 0 Å². The highest BCUT2D eigenvalue weighted by Gasteiger charge is 2.17. The fourth-order valence-corrected chi connectivity index (χ4v) is 2.42. The Kier molecular flexibility index (Phi) is 4.66. The Morgan fingerprint density at radius 2 is 2.12 bits per heavy atom.